The summed E-state index contributed by atoms with van der Waals surface area (Å²) in [6, 6.07) is 0. The fourth-order valence-electron chi connectivity index (χ4n) is 4.42. The van der Waals surface area contributed by atoms with Crippen molar-refractivity contribution in [2.24, 2.45) is 0 Å². The van der Waals surface area contributed by atoms with Crippen LogP contribution >= 0.6 is 11.3 Å². The van der Waals surface area contributed by atoms with E-state index in [1.54, 1.807) is 16.2 Å². The molecule has 2 aromatic rings. The van der Waals surface area contributed by atoms with Crippen LogP contribution in [0.2, 0.25) is 0 Å². The molecule has 0 unspecified atom stereocenters. The second-order valence-electron chi connectivity index (χ2n) is 8.02. The van der Waals surface area contributed by atoms with Gasteiger partial charge in [0, 0.05) is 44.0 Å². The number of aryl methyl sites for hydroxylation is 2. The minimum atomic E-state index is -0.957. The first-order chi connectivity index (χ1) is 14.5. The van der Waals surface area contributed by atoms with E-state index in [2.05, 4.69) is 11.8 Å². The highest BCUT2D eigenvalue weighted by molar-refractivity contribution is 7.18. The molecule has 1 N–H and O–H groups in total. The Kier molecular flexibility index (Phi) is 6.08. The fraction of sp³-hybridized carbons (Fsp3) is 0.619. The number of hydrogen-bond donors (Lipinski definition) is 1. The van der Waals surface area contributed by atoms with E-state index in [0.717, 1.165) is 35.9 Å². The van der Waals surface area contributed by atoms with Gasteiger partial charge in [-0.15, -0.1) is 11.3 Å². The minimum Gasteiger partial charge on any atom is -0.481 e. The van der Waals surface area contributed by atoms with Gasteiger partial charge in [0.05, 0.1) is 11.8 Å². The van der Waals surface area contributed by atoms with Gasteiger partial charge in [0.1, 0.15) is 4.83 Å². The number of anilines is 1. The quantitative estimate of drug-likeness (QED) is 0.752. The van der Waals surface area contributed by atoms with Crippen LogP contribution in [0.5, 0.6) is 0 Å². The van der Waals surface area contributed by atoms with Crippen LogP contribution in [-0.4, -0.2) is 57.6 Å². The Morgan fingerprint density at radius 1 is 1.10 bits per heavy atom. The SMILES string of the molecule is CCCn1c(N2CCN(C(=O)CCC(=O)O)CC2)nc2sc3c(c2c1=O)CCCC3. The summed E-state index contributed by atoms with van der Waals surface area (Å²) in [5, 5.41) is 9.60. The molecule has 162 valence electrons. The average molecular weight is 433 g/mol. The number of aromatic nitrogens is 2. The lowest BCUT2D eigenvalue weighted by Gasteiger charge is -2.36. The van der Waals surface area contributed by atoms with Gasteiger partial charge in [0.15, 0.2) is 0 Å². The summed E-state index contributed by atoms with van der Waals surface area (Å²) in [6.07, 6.45) is 5.04. The van der Waals surface area contributed by atoms with Crippen LogP contribution < -0.4 is 10.5 Å². The zero-order chi connectivity index (χ0) is 21.3. The molecule has 0 aromatic carbocycles. The predicted molar refractivity (Wildman–Crippen MR) is 116 cm³/mol. The summed E-state index contributed by atoms with van der Waals surface area (Å²) in [6.45, 7) is 4.89. The molecule has 30 heavy (non-hydrogen) atoms. The zero-order valence-corrected chi connectivity index (χ0v) is 18.2. The van der Waals surface area contributed by atoms with Crippen LogP contribution in [0, 0.1) is 0 Å². The number of nitrogens with zero attached hydrogens (tertiary/aromatic N) is 4. The second-order valence-corrected chi connectivity index (χ2v) is 9.10. The highest BCUT2D eigenvalue weighted by atomic mass is 32.1. The Balaban J connectivity index is 1.60. The lowest BCUT2D eigenvalue weighted by molar-refractivity contribution is -0.141. The molecule has 4 rings (SSSR count). The van der Waals surface area contributed by atoms with Crippen LogP contribution in [0.1, 0.15) is 49.5 Å². The van der Waals surface area contributed by atoms with Gasteiger partial charge in [-0.25, -0.2) is 4.98 Å². The summed E-state index contributed by atoms with van der Waals surface area (Å²) in [4.78, 5) is 47.3. The summed E-state index contributed by atoms with van der Waals surface area (Å²) < 4.78 is 1.81. The number of carboxylic acids is 1. The molecule has 0 radical (unpaired) electrons. The van der Waals surface area contributed by atoms with E-state index in [-0.39, 0.29) is 24.3 Å². The van der Waals surface area contributed by atoms with Crippen LogP contribution in [0.4, 0.5) is 5.95 Å². The lowest BCUT2D eigenvalue weighted by atomic mass is 9.97. The fourth-order valence-corrected chi connectivity index (χ4v) is 5.67. The number of hydrogen-bond acceptors (Lipinski definition) is 6. The number of thiophene rings is 1. The number of piperazine rings is 1. The van der Waals surface area contributed by atoms with E-state index < -0.39 is 5.97 Å². The largest absolute Gasteiger partial charge is 0.481 e. The third-order valence-corrected chi connectivity index (χ3v) is 7.16. The zero-order valence-electron chi connectivity index (χ0n) is 17.4. The van der Waals surface area contributed by atoms with Crippen molar-refractivity contribution in [3.63, 3.8) is 0 Å². The van der Waals surface area contributed by atoms with Crippen molar-refractivity contribution in [2.45, 2.75) is 58.4 Å². The number of amides is 1. The second kappa shape index (κ2) is 8.75. The first-order valence-electron chi connectivity index (χ1n) is 10.8. The van der Waals surface area contributed by atoms with Crippen LogP contribution in [0.3, 0.4) is 0 Å². The molecule has 9 heteroatoms. The number of carboxylic acid groups (broad SMARTS) is 1. The lowest BCUT2D eigenvalue weighted by Crippen LogP contribution is -2.50. The molecule has 1 saturated heterocycles. The van der Waals surface area contributed by atoms with Crippen molar-refractivity contribution in [2.75, 3.05) is 31.1 Å². The predicted octanol–water partition coefficient (Wildman–Crippen LogP) is 2.26. The molecule has 8 nitrogen and oxygen atoms in total. The minimum absolute atomic E-state index is 0.0286. The average Bonchev–Trinajstić information content (AvgIpc) is 3.12. The Bertz CT molecular complexity index is 1020. The van der Waals surface area contributed by atoms with Crippen molar-refractivity contribution < 1.29 is 14.7 Å². The molecular weight excluding hydrogens is 404 g/mol. The molecule has 0 saturated carbocycles. The standard InChI is InChI=1S/C21H28N4O4S/c1-2-9-25-20(29)18-14-5-3-4-6-15(14)30-19(18)22-21(25)24-12-10-23(11-13-24)16(26)7-8-17(27)28/h2-13H2,1H3,(H,27,28). The van der Waals surface area contributed by atoms with Gasteiger partial charge in [0.2, 0.25) is 11.9 Å². The van der Waals surface area contributed by atoms with Crippen molar-refractivity contribution in [1.82, 2.24) is 14.5 Å². The van der Waals surface area contributed by atoms with E-state index in [1.807, 2.05) is 4.57 Å². The van der Waals surface area contributed by atoms with E-state index >= 15 is 0 Å². The summed E-state index contributed by atoms with van der Waals surface area (Å²) in [5.74, 6) is -0.385. The number of rotatable bonds is 6. The van der Waals surface area contributed by atoms with E-state index in [9.17, 15) is 14.4 Å². The molecule has 2 aliphatic rings. The monoisotopic (exact) mass is 432 g/mol. The van der Waals surface area contributed by atoms with Gasteiger partial charge in [0.25, 0.3) is 5.56 Å². The maximum Gasteiger partial charge on any atom is 0.303 e. The van der Waals surface area contributed by atoms with Gasteiger partial charge in [-0.1, -0.05) is 6.92 Å². The molecule has 2 aromatic heterocycles. The molecule has 1 fully saturated rings. The van der Waals surface area contributed by atoms with Crippen molar-refractivity contribution in [3.05, 3.63) is 20.8 Å². The highest BCUT2D eigenvalue weighted by Gasteiger charge is 2.27. The first kappa shape index (κ1) is 20.8. The number of aliphatic carboxylic acids is 1. The van der Waals surface area contributed by atoms with Crippen molar-refractivity contribution in [3.8, 4) is 0 Å². The Labute approximate surface area is 179 Å². The van der Waals surface area contributed by atoms with Crippen LogP contribution in [0.15, 0.2) is 4.79 Å². The molecule has 0 atom stereocenters. The summed E-state index contributed by atoms with van der Waals surface area (Å²) in [5.41, 5.74) is 1.28. The molecular formula is C21H28N4O4S. The van der Waals surface area contributed by atoms with Crippen LogP contribution in [-0.2, 0) is 29.0 Å². The molecule has 3 heterocycles. The third-order valence-electron chi connectivity index (χ3n) is 5.97. The smallest absolute Gasteiger partial charge is 0.303 e. The van der Waals surface area contributed by atoms with Crippen molar-refractivity contribution in [1.29, 1.82) is 0 Å². The topological polar surface area (TPSA) is 95.7 Å². The normalized spacial score (nSPS) is 16.7. The molecule has 1 aliphatic carbocycles. The Morgan fingerprint density at radius 3 is 2.53 bits per heavy atom. The number of carbonyl (C=O) groups is 2. The van der Waals surface area contributed by atoms with Gasteiger partial charge < -0.3 is 14.9 Å². The molecule has 1 amide bonds. The summed E-state index contributed by atoms with van der Waals surface area (Å²) in [7, 11) is 0. The van der Waals surface area contributed by atoms with Crippen LogP contribution in [0.25, 0.3) is 10.2 Å². The number of carbonyl (C=O) groups excluding carboxylic acids is 1. The first-order valence-corrected chi connectivity index (χ1v) is 11.6. The molecule has 1 aliphatic heterocycles. The number of fused-ring (bicyclic) bond motifs is 3. The van der Waals surface area contributed by atoms with Gasteiger partial charge >= 0.3 is 5.97 Å². The third kappa shape index (κ3) is 3.95. The van der Waals surface area contributed by atoms with Crippen molar-refractivity contribution >= 4 is 39.4 Å². The highest BCUT2D eigenvalue weighted by Crippen LogP contribution is 2.34. The van der Waals surface area contributed by atoms with E-state index in [0.29, 0.717) is 38.7 Å². The van der Waals surface area contributed by atoms with Gasteiger partial charge in [-0.05, 0) is 37.7 Å². The Morgan fingerprint density at radius 2 is 1.83 bits per heavy atom. The maximum atomic E-state index is 13.4. The Hall–Kier alpha value is -2.42. The van der Waals surface area contributed by atoms with E-state index in [1.165, 1.54) is 16.9 Å². The maximum absolute atomic E-state index is 13.4. The summed E-state index contributed by atoms with van der Waals surface area (Å²) >= 11 is 1.66. The van der Waals surface area contributed by atoms with E-state index in [4.69, 9.17) is 10.1 Å². The van der Waals surface area contributed by atoms with Gasteiger partial charge in [-0.3, -0.25) is 19.0 Å². The molecule has 0 spiro atoms. The molecule has 0 bridgehead atoms. The van der Waals surface area contributed by atoms with Gasteiger partial charge in [-0.2, -0.15) is 0 Å².